The van der Waals surface area contributed by atoms with Gasteiger partial charge in [-0.25, -0.2) is 9.18 Å². The Kier molecular flexibility index (Phi) is 4.07. The average Bonchev–Trinajstić information content (AvgIpc) is 2.33. The average molecular weight is 271 g/mol. The molecule has 0 atom stereocenters. The first-order valence-electron chi connectivity index (χ1n) is 6.07. The van der Waals surface area contributed by atoms with Crippen molar-refractivity contribution in [2.24, 2.45) is 5.92 Å². The molecule has 98 valence electrons. The molecule has 1 heterocycles. The predicted molar refractivity (Wildman–Crippen MR) is 70.4 cm³/mol. The Morgan fingerprint density at radius 1 is 1.44 bits per heavy atom. The largest absolute Gasteiger partial charge is 0.325 e. The number of carbonyl (C=O) groups is 1. The van der Waals surface area contributed by atoms with Crippen molar-refractivity contribution in [3.05, 3.63) is 29.0 Å². The Morgan fingerprint density at radius 3 is 2.72 bits per heavy atom. The molecule has 1 aliphatic rings. The zero-order valence-corrected chi connectivity index (χ0v) is 11.0. The predicted octanol–water partition coefficient (Wildman–Crippen LogP) is 3.74. The van der Waals surface area contributed by atoms with Crippen LogP contribution in [0.25, 0.3) is 0 Å². The lowest BCUT2D eigenvalue weighted by Gasteiger charge is -2.30. The van der Waals surface area contributed by atoms with Gasteiger partial charge in [0.1, 0.15) is 5.82 Å². The van der Waals surface area contributed by atoms with E-state index in [9.17, 15) is 9.18 Å². The quantitative estimate of drug-likeness (QED) is 0.828. The van der Waals surface area contributed by atoms with E-state index < -0.39 is 5.82 Å². The van der Waals surface area contributed by atoms with E-state index >= 15 is 0 Å². The van der Waals surface area contributed by atoms with Gasteiger partial charge in [-0.3, -0.25) is 0 Å². The first kappa shape index (κ1) is 13.1. The van der Waals surface area contributed by atoms with Crippen LogP contribution in [0.15, 0.2) is 18.2 Å². The van der Waals surface area contributed by atoms with Gasteiger partial charge in [0.05, 0.1) is 5.69 Å². The summed E-state index contributed by atoms with van der Waals surface area (Å²) in [5.41, 5.74) is 0.169. The van der Waals surface area contributed by atoms with E-state index in [0.29, 0.717) is 10.9 Å². The number of halogens is 2. The van der Waals surface area contributed by atoms with Gasteiger partial charge in [-0.05, 0) is 37.0 Å². The van der Waals surface area contributed by atoms with Gasteiger partial charge in [0.2, 0.25) is 0 Å². The summed E-state index contributed by atoms with van der Waals surface area (Å²) in [6.45, 7) is 3.62. The summed E-state index contributed by atoms with van der Waals surface area (Å²) in [7, 11) is 0. The van der Waals surface area contributed by atoms with Crippen LogP contribution in [0, 0.1) is 11.7 Å². The number of amides is 2. The number of hydrogen-bond acceptors (Lipinski definition) is 1. The second kappa shape index (κ2) is 5.57. The summed E-state index contributed by atoms with van der Waals surface area (Å²) in [5, 5.41) is 2.89. The highest BCUT2D eigenvalue weighted by Crippen LogP contribution is 2.21. The molecule has 2 rings (SSSR count). The summed E-state index contributed by atoms with van der Waals surface area (Å²) >= 11 is 5.66. The molecule has 5 heteroatoms. The number of anilines is 1. The lowest BCUT2D eigenvalue weighted by atomic mass is 10.00. The van der Waals surface area contributed by atoms with Crippen molar-refractivity contribution in [2.75, 3.05) is 18.4 Å². The maximum Gasteiger partial charge on any atom is 0.321 e. The topological polar surface area (TPSA) is 32.3 Å². The van der Waals surface area contributed by atoms with Gasteiger partial charge in [-0.1, -0.05) is 18.5 Å². The van der Waals surface area contributed by atoms with E-state index in [1.165, 1.54) is 12.1 Å². The zero-order chi connectivity index (χ0) is 13.1. The Bertz CT molecular complexity index is 445. The van der Waals surface area contributed by atoms with Crippen LogP contribution in [0.3, 0.4) is 0 Å². The van der Waals surface area contributed by atoms with Crippen LogP contribution >= 0.6 is 11.6 Å². The van der Waals surface area contributed by atoms with E-state index in [2.05, 4.69) is 12.2 Å². The van der Waals surface area contributed by atoms with E-state index in [1.807, 2.05) is 0 Å². The molecule has 0 radical (unpaired) electrons. The van der Waals surface area contributed by atoms with Gasteiger partial charge in [0, 0.05) is 18.1 Å². The third-order valence-electron chi connectivity index (χ3n) is 3.24. The summed E-state index contributed by atoms with van der Waals surface area (Å²) < 4.78 is 13.5. The standard InChI is InChI=1S/C13H16ClFN2O/c1-9-4-6-17(7-5-9)13(18)16-12-3-2-10(14)8-11(12)15/h2-3,8-9H,4-7H2,1H3,(H,16,18). The second-order valence-electron chi connectivity index (χ2n) is 4.72. The molecular formula is C13H16ClFN2O. The SMILES string of the molecule is CC1CCN(C(=O)Nc2ccc(Cl)cc2F)CC1. The monoisotopic (exact) mass is 270 g/mol. The summed E-state index contributed by atoms with van der Waals surface area (Å²) in [6, 6.07) is 3.97. The minimum atomic E-state index is -0.513. The molecule has 1 saturated heterocycles. The molecule has 0 bridgehead atoms. The molecule has 0 unspecified atom stereocenters. The van der Waals surface area contributed by atoms with Crippen LogP contribution in [0.1, 0.15) is 19.8 Å². The first-order chi connectivity index (χ1) is 8.56. The van der Waals surface area contributed by atoms with E-state index in [-0.39, 0.29) is 11.7 Å². The normalized spacial score (nSPS) is 16.7. The third kappa shape index (κ3) is 3.13. The fraction of sp³-hybridized carbons (Fsp3) is 0.462. The third-order valence-corrected chi connectivity index (χ3v) is 3.48. The van der Waals surface area contributed by atoms with Gasteiger partial charge in [-0.15, -0.1) is 0 Å². The van der Waals surface area contributed by atoms with Crippen molar-refractivity contribution in [3.63, 3.8) is 0 Å². The van der Waals surface area contributed by atoms with Gasteiger partial charge in [0.25, 0.3) is 0 Å². The lowest BCUT2D eigenvalue weighted by molar-refractivity contribution is 0.186. The number of nitrogens with zero attached hydrogens (tertiary/aromatic N) is 1. The van der Waals surface area contributed by atoms with Crippen LogP contribution < -0.4 is 5.32 Å². The van der Waals surface area contributed by atoms with Gasteiger partial charge >= 0.3 is 6.03 Å². The number of hydrogen-bond donors (Lipinski definition) is 1. The molecule has 0 aliphatic carbocycles. The molecule has 3 nitrogen and oxygen atoms in total. The lowest BCUT2D eigenvalue weighted by Crippen LogP contribution is -2.40. The number of carbonyl (C=O) groups excluding carboxylic acids is 1. The van der Waals surface area contributed by atoms with Crippen LogP contribution in [-0.2, 0) is 0 Å². The van der Waals surface area contributed by atoms with Crippen molar-refractivity contribution in [2.45, 2.75) is 19.8 Å². The molecule has 2 amide bonds. The minimum Gasteiger partial charge on any atom is -0.325 e. The molecule has 1 fully saturated rings. The molecular weight excluding hydrogens is 255 g/mol. The van der Waals surface area contributed by atoms with Crippen LogP contribution in [-0.4, -0.2) is 24.0 Å². The van der Waals surface area contributed by atoms with Gasteiger partial charge < -0.3 is 10.2 Å². The van der Waals surface area contributed by atoms with Crippen molar-refractivity contribution in [3.8, 4) is 0 Å². The highest BCUT2D eigenvalue weighted by atomic mass is 35.5. The van der Waals surface area contributed by atoms with Gasteiger partial charge in [-0.2, -0.15) is 0 Å². The van der Waals surface area contributed by atoms with E-state index in [4.69, 9.17) is 11.6 Å². The molecule has 1 aliphatic heterocycles. The zero-order valence-electron chi connectivity index (χ0n) is 10.2. The minimum absolute atomic E-state index is 0.169. The molecule has 1 N–H and O–H groups in total. The molecule has 1 aromatic carbocycles. The fourth-order valence-electron chi connectivity index (χ4n) is 2.00. The van der Waals surface area contributed by atoms with Crippen molar-refractivity contribution >= 4 is 23.3 Å². The Hall–Kier alpha value is -1.29. The summed E-state index contributed by atoms with van der Waals surface area (Å²) in [5.74, 6) is 0.141. The maximum absolute atomic E-state index is 13.5. The number of nitrogens with one attached hydrogen (secondary N) is 1. The molecule has 18 heavy (non-hydrogen) atoms. The number of urea groups is 1. The molecule has 0 spiro atoms. The van der Waals surface area contributed by atoms with Crippen molar-refractivity contribution in [1.29, 1.82) is 0 Å². The second-order valence-corrected chi connectivity index (χ2v) is 5.16. The molecule has 0 saturated carbocycles. The van der Waals surface area contributed by atoms with Crippen LogP contribution in [0.5, 0.6) is 0 Å². The Balaban J connectivity index is 1.98. The van der Waals surface area contributed by atoms with Crippen molar-refractivity contribution < 1.29 is 9.18 Å². The first-order valence-corrected chi connectivity index (χ1v) is 6.45. The highest BCUT2D eigenvalue weighted by molar-refractivity contribution is 6.30. The van der Waals surface area contributed by atoms with Gasteiger partial charge in [0.15, 0.2) is 0 Å². The highest BCUT2D eigenvalue weighted by Gasteiger charge is 2.20. The van der Waals surface area contributed by atoms with Crippen LogP contribution in [0.2, 0.25) is 5.02 Å². The number of rotatable bonds is 1. The number of likely N-dealkylation sites (tertiary alicyclic amines) is 1. The number of benzene rings is 1. The molecule has 1 aromatic rings. The smallest absolute Gasteiger partial charge is 0.321 e. The van der Waals surface area contributed by atoms with Crippen molar-refractivity contribution in [1.82, 2.24) is 4.90 Å². The summed E-state index contributed by atoms with van der Waals surface area (Å²) in [6.07, 6.45) is 1.99. The summed E-state index contributed by atoms with van der Waals surface area (Å²) in [4.78, 5) is 13.6. The van der Waals surface area contributed by atoms with E-state index in [1.54, 1.807) is 11.0 Å². The van der Waals surface area contributed by atoms with Crippen LogP contribution in [0.4, 0.5) is 14.9 Å². The van der Waals surface area contributed by atoms with E-state index in [0.717, 1.165) is 25.9 Å². The molecule has 0 aromatic heterocycles. The Labute approximate surface area is 111 Å². The fourth-order valence-corrected chi connectivity index (χ4v) is 2.16. The Morgan fingerprint density at radius 2 is 2.11 bits per heavy atom. The maximum atomic E-state index is 13.5. The number of piperidine rings is 1.